The highest BCUT2D eigenvalue weighted by Gasteiger charge is 1.96. The van der Waals surface area contributed by atoms with Crippen LogP contribution in [-0.2, 0) is 33.4 Å². The molecule has 0 aromatic carbocycles. The number of unbranched alkanes of at least 4 members (excludes halogenated alkanes) is 3. The maximum Gasteiger partial charge on any atom is 0.332 e. The monoisotopic (exact) mass is 476 g/mol. The number of hydrogen-bond donors (Lipinski definition) is 3. The van der Waals surface area contributed by atoms with Crippen molar-refractivity contribution in [2.24, 2.45) is 0 Å². The Kier molecular flexibility index (Phi) is 35.3. The van der Waals surface area contributed by atoms with Crippen molar-refractivity contribution in [3.8, 4) is 0 Å². The summed E-state index contributed by atoms with van der Waals surface area (Å²) in [7, 11) is 1.33. The molecule has 0 aromatic heterocycles. The highest BCUT2D eigenvalue weighted by molar-refractivity contribution is 5.86. The number of rotatable bonds is 13. The summed E-state index contributed by atoms with van der Waals surface area (Å²) in [6.07, 6.45) is 6.63. The standard InChI is InChI=1S/C7H12O2.C6H12O3.C5H8O3.C5H8O2/c1-3-5-6-9-7(8)4-2;7-5-3-1-2-4-6(8)9;1-2-5(7)8-4-3-6;1-4(2)5(6)7-3/h4H,2-3,5-6H2,1H3;7H,1-5H2,(H,8,9);2,6H,1,3-4H2;1H2,2-3H3. The largest absolute Gasteiger partial charge is 0.481 e. The molecule has 0 rings (SSSR count). The number of carboxylic acid groups (broad SMARTS) is 1. The molecule has 10 nitrogen and oxygen atoms in total. The first-order chi connectivity index (χ1) is 15.6. The molecule has 0 aliphatic rings. The van der Waals surface area contributed by atoms with E-state index in [-0.39, 0.29) is 38.2 Å². The Morgan fingerprint density at radius 1 is 0.848 bits per heavy atom. The maximum absolute atomic E-state index is 10.3. The van der Waals surface area contributed by atoms with Crippen LogP contribution in [0.4, 0.5) is 0 Å². The van der Waals surface area contributed by atoms with Gasteiger partial charge < -0.3 is 29.5 Å². The molecule has 3 N–H and O–H groups in total. The fourth-order valence-electron chi connectivity index (χ4n) is 1.32. The smallest absolute Gasteiger partial charge is 0.332 e. The van der Waals surface area contributed by atoms with E-state index in [1.807, 2.05) is 6.92 Å². The second-order valence-corrected chi connectivity index (χ2v) is 6.02. The zero-order valence-corrected chi connectivity index (χ0v) is 20.0. The third-order valence-corrected chi connectivity index (χ3v) is 2.99. The summed E-state index contributed by atoms with van der Waals surface area (Å²) in [5, 5.41) is 24.5. The Balaban J connectivity index is -0.000000171. The van der Waals surface area contributed by atoms with E-state index in [2.05, 4.69) is 33.9 Å². The van der Waals surface area contributed by atoms with Gasteiger partial charge in [0.25, 0.3) is 0 Å². The van der Waals surface area contributed by atoms with E-state index in [0.717, 1.165) is 25.3 Å². The second-order valence-electron chi connectivity index (χ2n) is 6.02. The molecule has 0 heterocycles. The molecule has 0 saturated heterocycles. The van der Waals surface area contributed by atoms with Gasteiger partial charge in [-0.3, -0.25) is 4.79 Å². The predicted octanol–water partition coefficient (Wildman–Crippen LogP) is 2.58. The van der Waals surface area contributed by atoms with Gasteiger partial charge in [-0.05, 0) is 26.2 Å². The molecular weight excluding hydrogens is 436 g/mol. The minimum atomic E-state index is -0.757. The fourth-order valence-corrected chi connectivity index (χ4v) is 1.32. The van der Waals surface area contributed by atoms with Gasteiger partial charge in [0, 0.05) is 30.8 Å². The van der Waals surface area contributed by atoms with E-state index in [1.54, 1.807) is 6.92 Å². The van der Waals surface area contributed by atoms with Crippen molar-refractivity contribution in [3.05, 3.63) is 37.5 Å². The SMILES string of the molecule is C=C(C)C(=O)OC.C=CC(=O)OCCCC.C=CC(=O)OCCO.O=C(O)CCCCCO. The number of aliphatic carboxylic acids is 1. The van der Waals surface area contributed by atoms with E-state index in [4.69, 9.17) is 15.3 Å². The predicted molar refractivity (Wildman–Crippen MR) is 124 cm³/mol. The van der Waals surface area contributed by atoms with Gasteiger partial charge in [0.15, 0.2) is 0 Å². The number of aliphatic hydroxyl groups is 2. The molecule has 0 amide bonds. The average Bonchev–Trinajstić information content (AvgIpc) is 2.80. The van der Waals surface area contributed by atoms with Crippen LogP contribution in [0, 0.1) is 0 Å². The van der Waals surface area contributed by atoms with Crippen LogP contribution in [0.1, 0.15) is 52.4 Å². The van der Waals surface area contributed by atoms with Crippen molar-refractivity contribution >= 4 is 23.9 Å². The summed E-state index contributed by atoms with van der Waals surface area (Å²) in [6, 6.07) is 0. The van der Waals surface area contributed by atoms with Crippen LogP contribution < -0.4 is 0 Å². The highest BCUT2D eigenvalue weighted by atomic mass is 16.5. The molecule has 0 aromatic rings. The number of carbonyl (C=O) groups excluding carboxylic acids is 3. The number of ether oxygens (including phenoxy) is 3. The summed E-state index contributed by atoms with van der Waals surface area (Å²) in [4.78, 5) is 40.6. The first-order valence-corrected chi connectivity index (χ1v) is 10.3. The number of carboxylic acids is 1. The van der Waals surface area contributed by atoms with Gasteiger partial charge in [-0.1, -0.05) is 39.5 Å². The lowest BCUT2D eigenvalue weighted by Crippen LogP contribution is -2.04. The van der Waals surface area contributed by atoms with E-state index in [9.17, 15) is 19.2 Å². The van der Waals surface area contributed by atoms with E-state index >= 15 is 0 Å². The van der Waals surface area contributed by atoms with Crippen LogP contribution in [0.15, 0.2) is 37.5 Å². The minimum absolute atomic E-state index is 0.0465. The van der Waals surface area contributed by atoms with Gasteiger partial charge in [-0.2, -0.15) is 0 Å². The molecule has 192 valence electrons. The van der Waals surface area contributed by atoms with Gasteiger partial charge in [-0.15, -0.1) is 0 Å². The third-order valence-electron chi connectivity index (χ3n) is 2.99. The van der Waals surface area contributed by atoms with Crippen molar-refractivity contribution in [2.75, 3.05) is 33.5 Å². The quantitative estimate of drug-likeness (QED) is 0.156. The number of aliphatic hydroxyl groups excluding tert-OH is 2. The zero-order valence-electron chi connectivity index (χ0n) is 20.0. The fraction of sp³-hybridized carbons (Fsp3) is 0.565. The first kappa shape index (κ1) is 37.3. The summed E-state index contributed by atoms with van der Waals surface area (Å²) < 4.78 is 13.3. The molecule has 0 radical (unpaired) electrons. The Morgan fingerprint density at radius 3 is 1.67 bits per heavy atom. The molecule has 10 heteroatoms. The normalized spacial score (nSPS) is 8.52. The lowest BCUT2D eigenvalue weighted by molar-refractivity contribution is -0.139. The molecular formula is C23H40O10. The van der Waals surface area contributed by atoms with Crippen molar-refractivity contribution in [3.63, 3.8) is 0 Å². The molecule has 0 atom stereocenters. The van der Waals surface area contributed by atoms with Gasteiger partial charge in [0.2, 0.25) is 0 Å². The number of esters is 3. The van der Waals surface area contributed by atoms with Gasteiger partial charge >= 0.3 is 23.9 Å². The lowest BCUT2D eigenvalue weighted by atomic mass is 10.2. The molecule has 33 heavy (non-hydrogen) atoms. The second kappa shape index (κ2) is 31.2. The summed E-state index contributed by atoms with van der Waals surface area (Å²) >= 11 is 0. The minimum Gasteiger partial charge on any atom is -0.481 e. The highest BCUT2D eigenvalue weighted by Crippen LogP contribution is 1.97. The Hall–Kier alpha value is -2.98. The van der Waals surface area contributed by atoms with Crippen LogP contribution in [0.5, 0.6) is 0 Å². The van der Waals surface area contributed by atoms with Gasteiger partial charge in [0.05, 0.1) is 20.3 Å². The first-order valence-electron chi connectivity index (χ1n) is 10.3. The van der Waals surface area contributed by atoms with Crippen molar-refractivity contribution in [1.29, 1.82) is 0 Å². The Morgan fingerprint density at radius 2 is 1.36 bits per heavy atom. The molecule has 0 saturated carbocycles. The number of hydrogen-bond acceptors (Lipinski definition) is 9. The Bertz CT molecular complexity index is 555. The van der Waals surface area contributed by atoms with Gasteiger partial charge in [0.1, 0.15) is 6.61 Å². The van der Waals surface area contributed by atoms with Crippen molar-refractivity contribution in [1.82, 2.24) is 0 Å². The molecule has 0 bridgehead atoms. The van der Waals surface area contributed by atoms with Gasteiger partial charge in [-0.25, -0.2) is 14.4 Å². The number of carbonyl (C=O) groups is 4. The lowest BCUT2D eigenvalue weighted by Gasteiger charge is -1.97. The van der Waals surface area contributed by atoms with Crippen LogP contribution in [-0.4, -0.2) is 72.7 Å². The van der Waals surface area contributed by atoms with Crippen molar-refractivity contribution in [2.45, 2.75) is 52.4 Å². The van der Waals surface area contributed by atoms with E-state index < -0.39 is 11.9 Å². The maximum atomic E-state index is 10.3. The molecule has 0 spiro atoms. The van der Waals surface area contributed by atoms with Crippen molar-refractivity contribution < 1.29 is 48.7 Å². The van der Waals surface area contributed by atoms with E-state index in [1.165, 1.54) is 13.2 Å². The summed E-state index contributed by atoms with van der Waals surface area (Å²) in [5.41, 5.74) is 0.433. The average molecular weight is 477 g/mol. The third kappa shape index (κ3) is 43.7. The zero-order chi connectivity index (χ0) is 26.5. The Labute approximate surface area is 196 Å². The van der Waals surface area contributed by atoms with Crippen LogP contribution >= 0.6 is 0 Å². The van der Waals surface area contributed by atoms with E-state index in [0.29, 0.717) is 25.0 Å². The molecule has 0 unspecified atom stereocenters. The topological polar surface area (TPSA) is 157 Å². The summed E-state index contributed by atoms with van der Waals surface area (Å²) in [6.45, 7) is 14.0. The number of methoxy groups -OCH3 is 1. The molecule has 0 fully saturated rings. The van der Waals surface area contributed by atoms with Crippen LogP contribution in [0.2, 0.25) is 0 Å². The van der Waals surface area contributed by atoms with Crippen LogP contribution in [0.3, 0.4) is 0 Å². The summed E-state index contributed by atoms with van der Waals surface area (Å²) in [5.74, 6) is -1.93. The van der Waals surface area contributed by atoms with Crippen LogP contribution in [0.25, 0.3) is 0 Å². The molecule has 0 aliphatic carbocycles. The molecule has 0 aliphatic heterocycles.